The monoisotopic (exact) mass is 384 g/mol. The maximum absolute atomic E-state index is 11.6. The van der Waals surface area contributed by atoms with Crippen LogP contribution in [0.4, 0.5) is 0 Å². The average Bonchev–Trinajstić information content (AvgIpc) is 2.35. The first-order chi connectivity index (χ1) is 10.8. The maximum atomic E-state index is 11.6. The van der Waals surface area contributed by atoms with Crippen molar-refractivity contribution in [2.75, 3.05) is 12.6 Å². The first-order valence-electron chi connectivity index (χ1n) is 6.42. The van der Waals surface area contributed by atoms with Gasteiger partial charge in [0.05, 0.1) is 6.04 Å². The Morgan fingerprint density at radius 1 is 1.04 bits per heavy atom. The van der Waals surface area contributed by atoms with Crippen molar-refractivity contribution in [1.29, 1.82) is 0 Å². The number of rotatable bonds is 8. The van der Waals surface area contributed by atoms with Gasteiger partial charge in [-0.15, -0.1) is 0 Å². The summed E-state index contributed by atoms with van der Waals surface area (Å²) >= 11 is 0. The second kappa shape index (κ2) is 7.62. The third-order valence-electron chi connectivity index (χ3n) is 2.97. The Balaban J connectivity index is 3.15. The molecule has 0 radical (unpaired) electrons. The molecule has 0 heterocycles. The number of carbonyl (C=O) groups excluding carboxylic acids is 1. The molecule has 24 heavy (non-hydrogen) atoms. The van der Waals surface area contributed by atoms with E-state index < -0.39 is 51.2 Å². The Kier molecular flexibility index (Phi) is 6.54. The molecule has 0 spiro atoms. The van der Waals surface area contributed by atoms with E-state index in [-0.39, 0.29) is 12.0 Å². The van der Waals surface area contributed by atoms with Gasteiger partial charge in [-0.05, 0) is 24.1 Å². The van der Waals surface area contributed by atoms with Crippen LogP contribution in [0.25, 0.3) is 0 Å². The summed E-state index contributed by atoms with van der Waals surface area (Å²) in [5.74, 6) is -1.98. The van der Waals surface area contributed by atoms with E-state index in [2.05, 4.69) is 0 Å². The summed E-state index contributed by atoms with van der Waals surface area (Å²) in [7, 11) is -9.48. The molecule has 0 aromatic heterocycles. The molecule has 0 aliphatic rings. The smallest absolute Gasteiger partial charge is 0.339 e. The lowest BCUT2D eigenvalue weighted by Crippen LogP contribution is -2.47. The van der Waals surface area contributed by atoms with Crippen LogP contribution in [0, 0.1) is 0 Å². The van der Waals surface area contributed by atoms with Crippen molar-refractivity contribution in [1.82, 2.24) is 4.90 Å². The summed E-state index contributed by atoms with van der Waals surface area (Å²) in [6.07, 6.45) is -2.46. The Morgan fingerprint density at radius 2 is 1.54 bits per heavy atom. The van der Waals surface area contributed by atoms with Crippen molar-refractivity contribution < 1.29 is 43.7 Å². The van der Waals surface area contributed by atoms with E-state index >= 15 is 0 Å². The third-order valence-corrected chi connectivity index (χ3v) is 4.43. The first kappa shape index (κ1) is 20.6. The van der Waals surface area contributed by atoms with E-state index in [9.17, 15) is 24.1 Å². The second-order valence-corrected chi connectivity index (χ2v) is 8.37. The zero-order chi connectivity index (χ0) is 18.7. The molecule has 136 valence electrons. The fourth-order valence-corrected chi connectivity index (χ4v) is 3.74. The molecular weight excluding hydrogens is 366 g/mol. The van der Waals surface area contributed by atoms with Crippen molar-refractivity contribution in [3.05, 3.63) is 23.8 Å². The SMILES string of the molecule is NC(=O)[C@H](Cc1ccc(O)c(O)c1)N(CP(=O)(O)O)CP(=O)(O)O. The van der Waals surface area contributed by atoms with E-state index in [1.807, 2.05) is 0 Å². The van der Waals surface area contributed by atoms with Crippen LogP contribution in [0.1, 0.15) is 5.56 Å². The summed E-state index contributed by atoms with van der Waals surface area (Å²) in [5, 5.41) is 18.7. The fraction of sp³-hybridized carbons (Fsp3) is 0.364. The van der Waals surface area contributed by atoms with Gasteiger partial charge in [-0.2, -0.15) is 0 Å². The third kappa shape index (κ3) is 6.98. The molecule has 8 N–H and O–H groups in total. The van der Waals surface area contributed by atoms with Gasteiger partial charge < -0.3 is 35.5 Å². The van der Waals surface area contributed by atoms with E-state index in [4.69, 9.17) is 25.3 Å². The zero-order valence-corrected chi connectivity index (χ0v) is 14.0. The topological polar surface area (TPSA) is 202 Å². The number of nitrogens with zero attached hydrogens (tertiary/aromatic N) is 1. The molecule has 1 atom stereocenters. The standard InChI is InChI=1S/C11H18N2O9P2/c12-11(16)8(3-7-1-2-9(14)10(15)4-7)13(5-23(17,18)19)6-24(20,21)22/h1-2,4,8,14-15H,3,5-6H2,(H2,12,16)(H2,17,18,19)(H2,20,21,22)/t8-/m0/s1. The van der Waals surface area contributed by atoms with E-state index in [1.165, 1.54) is 6.07 Å². The largest absolute Gasteiger partial charge is 0.504 e. The Morgan fingerprint density at radius 3 is 1.92 bits per heavy atom. The fourth-order valence-electron chi connectivity index (χ4n) is 2.04. The minimum absolute atomic E-state index is 0.260. The number of benzene rings is 1. The molecule has 0 fully saturated rings. The predicted octanol–water partition coefficient (Wildman–Crippen LogP) is -0.933. The maximum Gasteiger partial charge on any atom is 0.339 e. The lowest BCUT2D eigenvalue weighted by atomic mass is 10.0. The van der Waals surface area contributed by atoms with Crippen LogP contribution >= 0.6 is 15.2 Å². The summed E-state index contributed by atoms with van der Waals surface area (Å²) in [6, 6.07) is 2.09. The number of phenolic OH excluding ortho intramolecular Hbond substituents is 2. The summed E-state index contributed by atoms with van der Waals surface area (Å²) in [6.45, 7) is 0. The van der Waals surface area contributed by atoms with Crippen LogP contribution in [0.3, 0.4) is 0 Å². The van der Waals surface area contributed by atoms with Crippen LogP contribution < -0.4 is 5.73 Å². The number of primary amides is 1. The number of phenols is 2. The van der Waals surface area contributed by atoms with Gasteiger partial charge in [0.2, 0.25) is 5.91 Å². The molecule has 0 aliphatic heterocycles. The van der Waals surface area contributed by atoms with Gasteiger partial charge in [0.25, 0.3) is 0 Å². The van der Waals surface area contributed by atoms with Crippen molar-refractivity contribution in [3.8, 4) is 11.5 Å². The van der Waals surface area contributed by atoms with Gasteiger partial charge >= 0.3 is 15.2 Å². The molecule has 0 aliphatic carbocycles. The Bertz CT molecular complexity index is 675. The van der Waals surface area contributed by atoms with Gasteiger partial charge in [0.15, 0.2) is 11.5 Å². The van der Waals surface area contributed by atoms with Gasteiger partial charge in [0.1, 0.15) is 12.6 Å². The van der Waals surface area contributed by atoms with Crippen LogP contribution in [-0.2, 0) is 20.3 Å². The number of hydrogen-bond donors (Lipinski definition) is 7. The molecule has 1 aromatic carbocycles. The van der Waals surface area contributed by atoms with Crippen molar-refractivity contribution >= 4 is 21.1 Å². The lowest BCUT2D eigenvalue weighted by molar-refractivity contribution is -0.122. The molecule has 1 amide bonds. The van der Waals surface area contributed by atoms with Crippen molar-refractivity contribution in [3.63, 3.8) is 0 Å². The lowest BCUT2D eigenvalue weighted by Gasteiger charge is -2.29. The molecule has 13 heteroatoms. The predicted molar refractivity (Wildman–Crippen MR) is 82.1 cm³/mol. The van der Waals surface area contributed by atoms with E-state index in [0.717, 1.165) is 12.1 Å². The van der Waals surface area contributed by atoms with Gasteiger partial charge in [-0.3, -0.25) is 18.8 Å². The highest BCUT2D eigenvalue weighted by Crippen LogP contribution is 2.42. The Hall–Kier alpha value is -1.45. The highest BCUT2D eigenvalue weighted by atomic mass is 31.2. The molecule has 0 saturated carbocycles. The zero-order valence-electron chi connectivity index (χ0n) is 12.3. The Labute approximate surface area is 136 Å². The van der Waals surface area contributed by atoms with E-state index in [0.29, 0.717) is 4.90 Å². The number of carbonyl (C=O) groups is 1. The summed E-state index contributed by atoms with van der Waals surface area (Å²) in [5.41, 5.74) is 5.45. The molecular formula is C11H18N2O9P2. The van der Waals surface area contributed by atoms with Crippen molar-refractivity contribution in [2.24, 2.45) is 5.73 Å². The number of amides is 1. The highest BCUT2D eigenvalue weighted by molar-refractivity contribution is 7.52. The van der Waals surface area contributed by atoms with Crippen LogP contribution in [0.2, 0.25) is 0 Å². The summed E-state index contributed by atoms with van der Waals surface area (Å²) in [4.78, 5) is 48.5. The van der Waals surface area contributed by atoms with Crippen LogP contribution in [-0.4, -0.2) is 59.2 Å². The van der Waals surface area contributed by atoms with E-state index in [1.54, 1.807) is 0 Å². The minimum atomic E-state index is -4.74. The normalized spacial score (nSPS) is 13.9. The van der Waals surface area contributed by atoms with Crippen LogP contribution in [0.5, 0.6) is 11.5 Å². The van der Waals surface area contributed by atoms with Gasteiger partial charge in [0, 0.05) is 0 Å². The molecule has 1 rings (SSSR count). The minimum Gasteiger partial charge on any atom is -0.504 e. The molecule has 0 saturated heterocycles. The quantitative estimate of drug-likeness (QED) is 0.217. The van der Waals surface area contributed by atoms with Gasteiger partial charge in [-0.1, -0.05) is 6.07 Å². The highest BCUT2D eigenvalue weighted by Gasteiger charge is 2.34. The number of nitrogens with two attached hydrogens (primary N) is 1. The van der Waals surface area contributed by atoms with Crippen molar-refractivity contribution in [2.45, 2.75) is 12.5 Å². The van der Waals surface area contributed by atoms with Gasteiger partial charge in [-0.25, -0.2) is 0 Å². The first-order valence-corrected chi connectivity index (χ1v) is 10.0. The second-order valence-electron chi connectivity index (χ2n) is 5.15. The molecule has 0 bridgehead atoms. The average molecular weight is 384 g/mol. The summed E-state index contributed by atoms with van der Waals surface area (Å²) < 4.78 is 22.4. The number of hydrogen-bond acceptors (Lipinski definition) is 6. The molecule has 11 nitrogen and oxygen atoms in total. The molecule has 0 unspecified atom stereocenters. The number of aromatic hydroxyl groups is 2. The molecule has 1 aromatic rings. The van der Waals surface area contributed by atoms with Crippen LogP contribution in [0.15, 0.2) is 18.2 Å².